The summed E-state index contributed by atoms with van der Waals surface area (Å²) in [6.45, 7) is 28.1. The Bertz CT molecular complexity index is 2040. The predicted molar refractivity (Wildman–Crippen MR) is 265 cm³/mol. The molecule has 0 aliphatic heterocycles. The van der Waals surface area contributed by atoms with Gasteiger partial charge in [-0.2, -0.15) is 0 Å². The molecule has 0 saturated heterocycles. The highest BCUT2D eigenvalue weighted by molar-refractivity contribution is 6.02. The van der Waals surface area contributed by atoms with E-state index >= 15 is 0 Å². The number of hydrogen-bond donors (Lipinski definition) is 2. The summed E-state index contributed by atoms with van der Waals surface area (Å²) < 4.78 is 11.3. The molecule has 0 bridgehead atoms. The van der Waals surface area contributed by atoms with E-state index in [2.05, 4.69) is 51.1 Å². The Balaban J connectivity index is 1.98. The van der Waals surface area contributed by atoms with Gasteiger partial charge in [0, 0.05) is 19.4 Å². The Kier molecular flexibility index (Phi) is 23.2. The topological polar surface area (TPSA) is 164 Å². The highest BCUT2D eigenvalue weighted by atomic mass is 16.6. The van der Waals surface area contributed by atoms with Gasteiger partial charge in [-0.1, -0.05) is 141 Å². The highest BCUT2D eigenvalue weighted by Gasteiger charge is 2.42. The Morgan fingerprint density at radius 1 is 0.672 bits per heavy atom. The number of allylic oxidation sites excluding steroid dienone is 20. The third-order valence-corrected chi connectivity index (χ3v) is 11.6. The molecule has 10 nitrogen and oxygen atoms in total. The first-order chi connectivity index (χ1) is 30.2. The van der Waals surface area contributed by atoms with Crippen molar-refractivity contribution >= 4 is 36.9 Å². The monoisotopic (exact) mass is 877 g/mol. The summed E-state index contributed by atoms with van der Waals surface area (Å²) >= 11 is 0. The third-order valence-electron chi connectivity index (χ3n) is 11.6. The maximum Gasteiger partial charge on any atom is 0.331 e. The number of carbonyl (C=O) groups is 4. The standard InChI is InChI=1S/C54H76N4O6/c1-37(23-19-25-39(3)29-31-43-41(5)49(59)47(35-53(43,7)8)63-51(61)45(56)27-15-17-33-55)21-13-14-22-38(2)24-20-26-40(4)30-32-44-42(6)50(60)48(36-54(44,9)10)64-52(62)46(58-12)28-16-18-34-57-11/h13-14,19-26,29-32,45-48H,11-12,15-18,27-28,33-36,55-56H2,1-10H3/b14-13+,23-19+,24-20+,31-29+,32-30+,37-21+,38-22+,39-25+,40-26+. The van der Waals surface area contributed by atoms with Crippen LogP contribution in [0.15, 0.2) is 140 Å². The second kappa shape index (κ2) is 27.1. The van der Waals surface area contributed by atoms with Crippen molar-refractivity contribution in [1.29, 1.82) is 0 Å². The van der Waals surface area contributed by atoms with Crippen LogP contribution in [0.1, 0.15) is 121 Å². The lowest BCUT2D eigenvalue weighted by atomic mass is 9.71. The average Bonchev–Trinajstić information content (AvgIpc) is 3.22. The number of esters is 2. The molecule has 0 aromatic heterocycles. The van der Waals surface area contributed by atoms with Crippen LogP contribution < -0.4 is 11.5 Å². The summed E-state index contributed by atoms with van der Waals surface area (Å²) in [7, 11) is 0. The van der Waals surface area contributed by atoms with Crippen molar-refractivity contribution in [3.63, 3.8) is 0 Å². The van der Waals surface area contributed by atoms with Gasteiger partial charge in [-0.05, 0) is 127 Å². The predicted octanol–water partition coefficient (Wildman–Crippen LogP) is 10.4. The minimum atomic E-state index is -0.850. The average molecular weight is 877 g/mol. The number of nitrogens with two attached hydrogens (primary N) is 2. The first kappa shape index (κ1) is 54.8. The van der Waals surface area contributed by atoms with E-state index in [1.165, 1.54) is 0 Å². The van der Waals surface area contributed by atoms with E-state index in [1.54, 1.807) is 13.8 Å². The van der Waals surface area contributed by atoms with Gasteiger partial charge in [0.1, 0.15) is 12.1 Å². The van der Waals surface area contributed by atoms with Crippen LogP contribution in [0, 0.1) is 10.8 Å². The maximum atomic E-state index is 13.3. The maximum absolute atomic E-state index is 13.3. The zero-order valence-electron chi connectivity index (χ0n) is 40.4. The van der Waals surface area contributed by atoms with Crippen LogP contribution >= 0.6 is 0 Å². The minimum absolute atomic E-state index is 0.180. The van der Waals surface area contributed by atoms with E-state index in [4.69, 9.17) is 20.9 Å². The Hall–Kier alpha value is -5.32. The number of rotatable bonds is 24. The lowest BCUT2D eigenvalue weighted by Gasteiger charge is -2.36. The summed E-state index contributed by atoms with van der Waals surface area (Å²) in [6, 6.07) is -1.47. The van der Waals surface area contributed by atoms with Gasteiger partial charge >= 0.3 is 11.9 Å². The van der Waals surface area contributed by atoms with E-state index < -0.39 is 36.2 Å². The first-order valence-electron chi connectivity index (χ1n) is 22.5. The van der Waals surface area contributed by atoms with Gasteiger partial charge in [0.15, 0.2) is 23.8 Å². The van der Waals surface area contributed by atoms with Gasteiger partial charge in [-0.25, -0.2) is 4.79 Å². The summed E-state index contributed by atoms with van der Waals surface area (Å²) in [5.41, 5.74) is 18.1. The zero-order valence-corrected chi connectivity index (χ0v) is 40.4. The molecule has 0 amide bonds. The molecular weight excluding hydrogens is 801 g/mol. The molecule has 0 aromatic carbocycles. The molecule has 0 spiro atoms. The van der Waals surface area contributed by atoms with E-state index in [0.29, 0.717) is 49.9 Å². The summed E-state index contributed by atoms with van der Waals surface area (Å²) in [6.07, 6.45) is 31.3. The minimum Gasteiger partial charge on any atom is -0.453 e. The molecule has 4 unspecified atom stereocenters. The lowest BCUT2D eigenvalue weighted by Crippen LogP contribution is -2.42. The second-order valence-electron chi connectivity index (χ2n) is 18.3. The molecule has 64 heavy (non-hydrogen) atoms. The van der Waals surface area contributed by atoms with Gasteiger partial charge in [-0.3, -0.25) is 19.4 Å². The number of Topliss-reactive ketones (excluding diaryl/α,β-unsaturated/α-hetero) is 2. The van der Waals surface area contributed by atoms with Crippen LogP contribution in [0.2, 0.25) is 0 Å². The van der Waals surface area contributed by atoms with Crippen LogP contribution in [0.4, 0.5) is 0 Å². The van der Waals surface area contributed by atoms with Gasteiger partial charge < -0.3 is 25.9 Å². The van der Waals surface area contributed by atoms with Gasteiger partial charge in [0.05, 0.1) is 0 Å². The van der Waals surface area contributed by atoms with E-state index in [0.717, 1.165) is 59.1 Å². The van der Waals surface area contributed by atoms with Crippen molar-refractivity contribution in [2.75, 3.05) is 13.1 Å². The van der Waals surface area contributed by atoms with Gasteiger partial charge in [0.2, 0.25) is 0 Å². The normalized spacial score (nSPS) is 21.2. The Morgan fingerprint density at radius 3 is 1.53 bits per heavy atom. The molecular formula is C54H76N4O6. The van der Waals surface area contributed by atoms with Crippen molar-refractivity contribution in [3.8, 4) is 0 Å². The van der Waals surface area contributed by atoms with Crippen LogP contribution in [-0.2, 0) is 28.7 Å². The molecule has 0 heterocycles. The molecule has 2 aliphatic rings. The van der Waals surface area contributed by atoms with Crippen molar-refractivity contribution < 1.29 is 28.7 Å². The summed E-state index contributed by atoms with van der Waals surface area (Å²) in [4.78, 5) is 59.8. The lowest BCUT2D eigenvalue weighted by molar-refractivity contribution is -0.157. The van der Waals surface area contributed by atoms with Crippen molar-refractivity contribution in [1.82, 2.24) is 0 Å². The van der Waals surface area contributed by atoms with Crippen molar-refractivity contribution in [3.05, 3.63) is 130 Å². The smallest absolute Gasteiger partial charge is 0.331 e. The number of unbranched alkanes of at least 4 members (excludes halogenated alkanes) is 2. The summed E-state index contributed by atoms with van der Waals surface area (Å²) in [5.74, 6) is -1.41. The van der Waals surface area contributed by atoms with E-state index in [9.17, 15) is 19.2 Å². The molecule has 2 aliphatic carbocycles. The molecule has 0 saturated carbocycles. The van der Waals surface area contributed by atoms with Crippen LogP contribution in [0.25, 0.3) is 0 Å². The van der Waals surface area contributed by atoms with Crippen molar-refractivity contribution in [2.45, 2.75) is 145 Å². The SMILES string of the molecule is C=NCCCCC(N=C)C(=O)OC1CC(C)(C)C(/C=C/C(C)=C/C=C/C(C)=C/C=C/C=C(C)/C=C/C=C(C)/C=C/C2=C(C)C(=O)C(OC(=O)C(N)CCCCN)CC2(C)C)=C(C)C1=O. The fraction of sp³-hybridized carbons (Fsp3) is 0.481. The largest absolute Gasteiger partial charge is 0.453 e. The van der Waals surface area contributed by atoms with Gasteiger partial charge in [0.25, 0.3) is 0 Å². The molecule has 10 heteroatoms. The number of hydrogen-bond acceptors (Lipinski definition) is 10. The first-order valence-corrected chi connectivity index (χ1v) is 22.5. The fourth-order valence-electron chi connectivity index (χ4n) is 7.67. The van der Waals surface area contributed by atoms with Crippen LogP contribution in [0.5, 0.6) is 0 Å². The Labute approximate surface area is 384 Å². The molecule has 0 fully saturated rings. The molecule has 0 aromatic rings. The molecule has 348 valence electrons. The van der Waals surface area contributed by atoms with Crippen LogP contribution in [-0.4, -0.2) is 74.3 Å². The molecule has 4 N–H and O–H groups in total. The van der Waals surface area contributed by atoms with Gasteiger partial charge in [-0.15, -0.1) is 0 Å². The van der Waals surface area contributed by atoms with Crippen LogP contribution in [0.3, 0.4) is 0 Å². The van der Waals surface area contributed by atoms with E-state index in [-0.39, 0.29) is 22.4 Å². The number of ketones is 2. The quantitative estimate of drug-likeness (QED) is 0.0419. The fourth-order valence-corrected chi connectivity index (χ4v) is 7.67. The number of aliphatic imine (C=N–C) groups is 2. The zero-order chi connectivity index (χ0) is 48.0. The Morgan fingerprint density at radius 2 is 1.09 bits per heavy atom. The number of ether oxygens (including phenoxy) is 2. The highest BCUT2D eigenvalue weighted by Crippen LogP contribution is 2.42. The molecule has 4 atom stereocenters. The second-order valence-corrected chi connectivity index (χ2v) is 18.3. The molecule has 0 radical (unpaired) electrons. The summed E-state index contributed by atoms with van der Waals surface area (Å²) in [5, 5.41) is 0. The van der Waals surface area contributed by atoms with Crippen molar-refractivity contribution in [2.24, 2.45) is 32.3 Å². The number of carbonyl (C=O) groups excluding carboxylic acids is 4. The number of nitrogens with zero attached hydrogens (tertiary/aromatic N) is 2. The molecule has 2 rings (SSSR count). The third kappa shape index (κ3) is 18.0. The van der Waals surface area contributed by atoms with E-state index in [1.807, 2.05) is 113 Å².